The fourth-order valence-corrected chi connectivity index (χ4v) is 2.58. The molecule has 0 N–H and O–H groups in total. The van der Waals surface area contributed by atoms with E-state index in [0.29, 0.717) is 5.92 Å². The van der Waals surface area contributed by atoms with Crippen molar-refractivity contribution in [1.29, 1.82) is 0 Å². The molecule has 1 unspecified atom stereocenters. The van der Waals surface area contributed by atoms with Crippen LogP contribution in [-0.4, -0.2) is 0 Å². The minimum Gasteiger partial charge on any atom is -0.0955 e. The second-order valence-electron chi connectivity index (χ2n) is 5.16. The van der Waals surface area contributed by atoms with Gasteiger partial charge in [0.2, 0.25) is 0 Å². The molecule has 0 nitrogen and oxygen atoms in total. The molecule has 0 amide bonds. The van der Waals surface area contributed by atoms with Crippen LogP contribution in [0, 0.1) is 0 Å². The Bertz CT molecular complexity index is 474. The second-order valence-corrected chi connectivity index (χ2v) is 5.16. The first-order valence-corrected chi connectivity index (χ1v) is 6.77. The van der Waals surface area contributed by atoms with Gasteiger partial charge < -0.3 is 0 Å². The third-order valence-corrected chi connectivity index (χ3v) is 3.84. The molecular weight excluding hydrogens is 216 g/mol. The van der Waals surface area contributed by atoms with E-state index in [2.05, 4.69) is 62.9 Å². The third-order valence-electron chi connectivity index (χ3n) is 3.84. The predicted molar refractivity (Wildman–Crippen MR) is 79.7 cm³/mol. The summed E-state index contributed by atoms with van der Waals surface area (Å²) in [5, 5.41) is 0. The maximum absolute atomic E-state index is 4.26. The zero-order valence-corrected chi connectivity index (χ0v) is 11.4. The SMILES string of the molecule is C=C1CC(c2ccccc2)CC/C1=C/C(C)=C\C. The normalized spacial score (nSPS) is 23.4. The highest BCUT2D eigenvalue weighted by Crippen LogP contribution is 2.38. The van der Waals surface area contributed by atoms with E-state index in [9.17, 15) is 0 Å². The quantitative estimate of drug-likeness (QED) is 0.647. The van der Waals surface area contributed by atoms with Crippen molar-refractivity contribution in [3.63, 3.8) is 0 Å². The van der Waals surface area contributed by atoms with Gasteiger partial charge in [0.05, 0.1) is 0 Å². The lowest BCUT2D eigenvalue weighted by molar-refractivity contribution is 0.581. The molecule has 0 saturated heterocycles. The molecule has 0 radical (unpaired) electrons. The molecule has 1 saturated carbocycles. The summed E-state index contributed by atoms with van der Waals surface area (Å²) in [5.74, 6) is 0.654. The lowest BCUT2D eigenvalue weighted by Gasteiger charge is -2.26. The van der Waals surface area contributed by atoms with Crippen molar-refractivity contribution >= 4 is 0 Å². The van der Waals surface area contributed by atoms with Crippen LogP contribution in [0.1, 0.15) is 44.6 Å². The van der Waals surface area contributed by atoms with Gasteiger partial charge in [-0.25, -0.2) is 0 Å². The van der Waals surface area contributed by atoms with Crippen LogP contribution >= 0.6 is 0 Å². The van der Waals surface area contributed by atoms with Crippen molar-refractivity contribution in [2.45, 2.75) is 39.0 Å². The number of hydrogen-bond acceptors (Lipinski definition) is 0. The molecule has 2 rings (SSSR count). The smallest absolute Gasteiger partial charge is 0.0118 e. The zero-order valence-electron chi connectivity index (χ0n) is 11.4. The van der Waals surface area contributed by atoms with Gasteiger partial charge in [-0.05, 0) is 50.2 Å². The van der Waals surface area contributed by atoms with Crippen LogP contribution in [0.3, 0.4) is 0 Å². The lowest BCUT2D eigenvalue weighted by Crippen LogP contribution is -2.08. The van der Waals surface area contributed by atoms with Crippen LogP contribution in [0.25, 0.3) is 0 Å². The van der Waals surface area contributed by atoms with Crippen LogP contribution in [0.2, 0.25) is 0 Å². The number of hydrogen-bond donors (Lipinski definition) is 0. The van der Waals surface area contributed by atoms with Crippen LogP contribution in [-0.2, 0) is 0 Å². The van der Waals surface area contributed by atoms with Gasteiger partial charge in [-0.2, -0.15) is 0 Å². The van der Waals surface area contributed by atoms with Crippen molar-refractivity contribution in [2.24, 2.45) is 0 Å². The van der Waals surface area contributed by atoms with Gasteiger partial charge in [0.25, 0.3) is 0 Å². The molecule has 1 fully saturated rings. The topological polar surface area (TPSA) is 0 Å². The van der Waals surface area contributed by atoms with E-state index in [0.717, 1.165) is 12.8 Å². The van der Waals surface area contributed by atoms with Gasteiger partial charge in [0.1, 0.15) is 0 Å². The van der Waals surface area contributed by atoms with Crippen LogP contribution < -0.4 is 0 Å². The molecule has 1 aromatic carbocycles. The van der Waals surface area contributed by atoms with Gasteiger partial charge in [0, 0.05) is 0 Å². The van der Waals surface area contributed by atoms with E-state index in [-0.39, 0.29) is 0 Å². The average Bonchev–Trinajstić information content (AvgIpc) is 2.42. The van der Waals surface area contributed by atoms with Crippen molar-refractivity contribution in [1.82, 2.24) is 0 Å². The summed E-state index contributed by atoms with van der Waals surface area (Å²) in [6.45, 7) is 8.51. The summed E-state index contributed by atoms with van der Waals surface area (Å²) in [6.07, 6.45) is 7.95. The summed E-state index contributed by atoms with van der Waals surface area (Å²) >= 11 is 0. The van der Waals surface area contributed by atoms with Crippen LogP contribution in [0.4, 0.5) is 0 Å². The molecule has 1 atom stereocenters. The fraction of sp³-hybridized carbons (Fsp3) is 0.333. The van der Waals surface area contributed by atoms with Gasteiger partial charge in [-0.15, -0.1) is 0 Å². The Kier molecular flexibility index (Phi) is 4.19. The summed E-state index contributed by atoms with van der Waals surface area (Å²) in [5.41, 5.74) is 5.55. The molecule has 0 bridgehead atoms. The molecular formula is C18H22. The maximum atomic E-state index is 4.26. The number of rotatable bonds is 2. The van der Waals surface area contributed by atoms with Crippen LogP contribution in [0.5, 0.6) is 0 Å². The highest BCUT2D eigenvalue weighted by atomic mass is 14.2. The standard InChI is InChI=1S/C18H22/c1-4-14(2)12-17-10-11-18(13-15(17)3)16-8-6-5-7-9-16/h4-9,12,18H,3,10-11,13H2,1-2H3/b14-4-,17-12-. The minimum atomic E-state index is 0.654. The van der Waals surface area contributed by atoms with Crippen molar-refractivity contribution in [3.8, 4) is 0 Å². The molecule has 18 heavy (non-hydrogen) atoms. The highest BCUT2D eigenvalue weighted by Gasteiger charge is 2.20. The molecule has 1 aliphatic rings. The molecule has 0 spiro atoms. The Morgan fingerprint density at radius 2 is 2.00 bits per heavy atom. The predicted octanol–water partition coefficient (Wildman–Crippen LogP) is 5.40. The van der Waals surface area contributed by atoms with Crippen molar-refractivity contribution < 1.29 is 0 Å². The van der Waals surface area contributed by atoms with Gasteiger partial charge in [0.15, 0.2) is 0 Å². The minimum absolute atomic E-state index is 0.654. The number of benzene rings is 1. The zero-order chi connectivity index (χ0) is 13.0. The Labute approximate surface area is 111 Å². The summed E-state index contributed by atoms with van der Waals surface area (Å²) < 4.78 is 0. The average molecular weight is 238 g/mol. The monoisotopic (exact) mass is 238 g/mol. The van der Waals surface area contributed by atoms with Gasteiger partial charge in [-0.3, -0.25) is 0 Å². The lowest BCUT2D eigenvalue weighted by atomic mass is 9.78. The first-order chi connectivity index (χ1) is 8.70. The third kappa shape index (κ3) is 3.01. The van der Waals surface area contributed by atoms with Crippen LogP contribution in [0.15, 0.2) is 65.8 Å². The van der Waals surface area contributed by atoms with E-state index in [1.54, 1.807) is 0 Å². The first-order valence-electron chi connectivity index (χ1n) is 6.77. The Balaban J connectivity index is 2.10. The molecule has 1 aromatic rings. The molecule has 94 valence electrons. The summed E-state index contributed by atoms with van der Waals surface area (Å²) in [4.78, 5) is 0. The molecule has 0 heteroatoms. The van der Waals surface area contributed by atoms with E-state index < -0.39 is 0 Å². The Morgan fingerprint density at radius 1 is 1.28 bits per heavy atom. The molecule has 0 aromatic heterocycles. The summed E-state index contributed by atoms with van der Waals surface area (Å²) in [7, 11) is 0. The largest absolute Gasteiger partial charge is 0.0955 e. The number of allylic oxidation sites excluding steroid dienone is 5. The second kappa shape index (κ2) is 5.86. The first kappa shape index (κ1) is 12.9. The van der Waals surface area contributed by atoms with Gasteiger partial charge >= 0.3 is 0 Å². The van der Waals surface area contributed by atoms with E-state index >= 15 is 0 Å². The van der Waals surface area contributed by atoms with Crippen molar-refractivity contribution in [2.75, 3.05) is 0 Å². The Morgan fingerprint density at radius 3 is 2.61 bits per heavy atom. The summed E-state index contributed by atoms with van der Waals surface area (Å²) in [6, 6.07) is 10.8. The highest BCUT2D eigenvalue weighted by molar-refractivity contribution is 5.39. The van der Waals surface area contributed by atoms with E-state index in [1.165, 1.54) is 28.7 Å². The van der Waals surface area contributed by atoms with Gasteiger partial charge in [-0.1, -0.05) is 60.2 Å². The van der Waals surface area contributed by atoms with E-state index in [4.69, 9.17) is 0 Å². The molecule has 0 heterocycles. The Hall–Kier alpha value is -1.56. The fourth-order valence-electron chi connectivity index (χ4n) is 2.58. The van der Waals surface area contributed by atoms with E-state index in [1.807, 2.05) is 0 Å². The van der Waals surface area contributed by atoms with Crippen molar-refractivity contribution in [3.05, 3.63) is 71.3 Å². The maximum Gasteiger partial charge on any atom is -0.0118 e. The molecule has 0 aliphatic heterocycles. The molecule has 1 aliphatic carbocycles.